The molecule has 0 aliphatic rings. The second-order valence-corrected chi connectivity index (χ2v) is 9.08. The van der Waals surface area contributed by atoms with E-state index in [0.717, 1.165) is 7.11 Å². The first kappa shape index (κ1) is 35.9. The van der Waals surface area contributed by atoms with Crippen molar-refractivity contribution >= 4 is 23.9 Å². The molecule has 1 aromatic heterocycles. The zero-order chi connectivity index (χ0) is 27.8. The molecule has 0 saturated heterocycles. The molecule has 208 valence electrons. The van der Waals surface area contributed by atoms with Crippen LogP contribution in [0.15, 0.2) is 42.1 Å². The van der Waals surface area contributed by atoms with E-state index in [1.165, 1.54) is 42.8 Å². The number of allylic oxidation sites excluding steroid dienone is 2. The Balaban J connectivity index is 0.00000722. The van der Waals surface area contributed by atoms with Gasteiger partial charge in [-0.15, -0.1) is 41.5 Å². The summed E-state index contributed by atoms with van der Waals surface area (Å²) < 4.78 is 51.9. The number of rotatable bonds is 9. The van der Waals surface area contributed by atoms with Crippen molar-refractivity contribution in [2.45, 2.75) is 64.8 Å². The fraction of sp³-hybridized carbons (Fsp3) is 0.393. The summed E-state index contributed by atoms with van der Waals surface area (Å²) >= 11 is 0. The number of nitrogens with zero attached hydrogens (tertiary/aromatic N) is 1. The number of esters is 1. The second kappa shape index (κ2) is 15.5. The molecular weight excluding hydrogens is 508 g/mol. The number of alkyl halides is 3. The van der Waals surface area contributed by atoms with Gasteiger partial charge in [-0.2, -0.15) is 13.2 Å². The predicted molar refractivity (Wildman–Crippen MR) is 137 cm³/mol. The van der Waals surface area contributed by atoms with Crippen LogP contribution in [0.25, 0.3) is 5.57 Å². The molecule has 0 fully saturated rings. The minimum atomic E-state index is -4.82. The third kappa shape index (κ3) is 10.5. The number of aromatic nitrogens is 1. The SMILES string of the molecule is CCc1c(C/C([C-]=O)=C(/c2[c-]cccc2)C(F)(F)F)ccnc1C[C@H](NC(=O)OC(C)(C)C)C(=O)OC.[CH3-].[Li+]. The van der Waals surface area contributed by atoms with Crippen LogP contribution in [0.3, 0.4) is 0 Å². The maximum atomic E-state index is 14.0. The summed E-state index contributed by atoms with van der Waals surface area (Å²) in [5.41, 5.74) is -1.49. The van der Waals surface area contributed by atoms with Crippen LogP contribution in [0.2, 0.25) is 0 Å². The van der Waals surface area contributed by atoms with Gasteiger partial charge in [-0.05, 0) is 62.7 Å². The molecule has 1 amide bonds. The first-order chi connectivity index (χ1) is 17.3. The number of ether oxygens (including phenoxy) is 2. The molecule has 1 aromatic carbocycles. The number of benzene rings is 1. The molecule has 2 aromatic rings. The van der Waals surface area contributed by atoms with Gasteiger partial charge < -0.3 is 27.0 Å². The number of nitrogens with one attached hydrogen (secondary N) is 1. The Hall–Kier alpha value is -3.09. The van der Waals surface area contributed by atoms with Crippen molar-refractivity contribution in [3.05, 3.63) is 78.0 Å². The Kier molecular flexibility index (Phi) is 14.3. The number of carbonyl (C=O) groups excluding carboxylic acids is 3. The molecule has 2 rings (SSSR count). The van der Waals surface area contributed by atoms with Gasteiger partial charge in [-0.25, -0.2) is 9.59 Å². The van der Waals surface area contributed by atoms with E-state index in [4.69, 9.17) is 9.47 Å². The van der Waals surface area contributed by atoms with E-state index in [1.807, 2.05) is 0 Å². The van der Waals surface area contributed by atoms with Crippen molar-refractivity contribution in [1.29, 1.82) is 0 Å². The monoisotopic (exact) mass is 540 g/mol. The van der Waals surface area contributed by atoms with Crippen LogP contribution in [0.1, 0.15) is 50.1 Å². The van der Waals surface area contributed by atoms with E-state index >= 15 is 0 Å². The van der Waals surface area contributed by atoms with E-state index in [2.05, 4.69) is 16.4 Å². The number of methoxy groups -OCH3 is 1. The molecule has 1 atom stereocenters. The largest absolute Gasteiger partial charge is 1.00 e. The number of hydrogen-bond acceptors (Lipinski definition) is 6. The molecule has 7 nitrogen and oxygen atoms in total. The summed E-state index contributed by atoms with van der Waals surface area (Å²) in [6, 6.07) is 8.37. The number of amides is 1. The van der Waals surface area contributed by atoms with Crippen LogP contribution in [0, 0.1) is 13.5 Å². The van der Waals surface area contributed by atoms with Crippen molar-refractivity contribution in [1.82, 2.24) is 10.3 Å². The van der Waals surface area contributed by atoms with Gasteiger partial charge in [0.05, 0.1) is 7.11 Å². The Morgan fingerprint density at radius 2 is 1.85 bits per heavy atom. The fourth-order valence-corrected chi connectivity index (χ4v) is 3.73. The molecule has 0 radical (unpaired) electrons. The van der Waals surface area contributed by atoms with E-state index < -0.39 is 41.0 Å². The average Bonchev–Trinajstić information content (AvgIpc) is 2.81. The van der Waals surface area contributed by atoms with Gasteiger partial charge in [0.2, 0.25) is 0 Å². The molecule has 39 heavy (non-hydrogen) atoms. The number of hydrogen-bond donors (Lipinski definition) is 1. The minimum absolute atomic E-state index is 0. The van der Waals surface area contributed by atoms with E-state index in [0.29, 0.717) is 23.2 Å². The Morgan fingerprint density at radius 1 is 1.18 bits per heavy atom. The van der Waals surface area contributed by atoms with Gasteiger partial charge in [-0.3, -0.25) is 4.98 Å². The van der Waals surface area contributed by atoms with Crippen LogP contribution in [-0.4, -0.2) is 48.3 Å². The number of halogens is 3. The van der Waals surface area contributed by atoms with Gasteiger partial charge in [0.1, 0.15) is 11.6 Å². The number of carbonyl (C=O) groups is 2. The Morgan fingerprint density at radius 3 is 2.33 bits per heavy atom. The standard InChI is InChI=1S/C27H29F3N2O5.CH3.Li/c1-6-20-18(14-19(16-33)23(27(28,29)30)17-10-8-7-9-11-17)12-13-31-21(20)15-22(24(34)36-5)32-25(35)37-26(2,3)4;;/h7-10,12-13,22H,6,14-15H2,1-5H3,(H,32,35);1H3;/q-2;-1;+1/b23-19+;;/t22-;;/m0../s1. The van der Waals surface area contributed by atoms with Crippen molar-refractivity contribution in [2.24, 2.45) is 0 Å². The van der Waals surface area contributed by atoms with Gasteiger partial charge in [0.25, 0.3) is 0 Å². The second-order valence-electron chi connectivity index (χ2n) is 9.08. The van der Waals surface area contributed by atoms with Crippen molar-refractivity contribution in [3.8, 4) is 0 Å². The maximum absolute atomic E-state index is 14.0. The molecule has 0 unspecified atom stereocenters. The van der Waals surface area contributed by atoms with Crippen molar-refractivity contribution in [3.63, 3.8) is 0 Å². The molecule has 0 bridgehead atoms. The third-order valence-electron chi connectivity index (χ3n) is 5.22. The first-order valence-corrected chi connectivity index (χ1v) is 11.5. The minimum Gasteiger partial charge on any atom is -0.467 e. The Bertz CT molecular complexity index is 1150. The normalized spacial score (nSPS) is 12.6. The number of alkyl carbamates (subject to hydrolysis) is 1. The summed E-state index contributed by atoms with van der Waals surface area (Å²) in [7, 11) is 1.16. The van der Waals surface area contributed by atoms with Gasteiger partial charge >= 0.3 is 37.1 Å². The third-order valence-corrected chi connectivity index (χ3v) is 5.22. The van der Waals surface area contributed by atoms with Gasteiger partial charge in [-0.1, -0.05) is 6.92 Å². The van der Waals surface area contributed by atoms with Crippen molar-refractivity contribution < 1.29 is 55.9 Å². The molecule has 11 heteroatoms. The van der Waals surface area contributed by atoms with E-state index in [9.17, 15) is 27.6 Å². The molecule has 0 aliphatic heterocycles. The van der Waals surface area contributed by atoms with Crippen molar-refractivity contribution in [2.75, 3.05) is 7.11 Å². The van der Waals surface area contributed by atoms with Crippen LogP contribution in [0.5, 0.6) is 0 Å². The average molecular weight is 541 g/mol. The van der Waals surface area contributed by atoms with Gasteiger partial charge in [0.15, 0.2) is 0 Å². The van der Waals surface area contributed by atoms with Gasteiger partial charge in [0, 0.05) is 18.3 Å². The molecule has 1 heterocycles. The molecule has 0 aliphatic carbocycles. The molecule has 0 spiro atoms. The summed E-state index contributed by atoms with van der Waals surface area (Å²) in [6.45, 7) is 6.76. The van der Waals surface area contributed by atoms with E-state index in [1.54, 1.807) is 27.7 Å². The summed E-state index contributed by atoms with van der Waals surface area (Å²) in [5, 5.41) is 2.45. The zero-order valence-electron chi connectivity index (χ0n) is 23.3. The summed E-state index contributed by atoms with van der Waals surface area (Å²) in [6.07, 6.45) is -2.97. The fourth-order valence-electron chi connectivity index (χ4n) is 3.73. The topological polar surface area (TPSA) is 94.6 Å². The van der Waals surface area contributed by atoms with E-state index in [-0.39, 0.29) is 44.7 Å². The number of pyridine rings is 1. The zero-order valence-corrected chi connectivity index (χ0v) is 23.3. The Labute approximate surface area is 239 Å². The summed E-state index contributed by atoms with van der Waals surface area (Å²) in [4.78, 5) is 40.7. The van der Waals surface area contributed by atoms with Crippen LogP contribution in [0.4, 0.5) is 18.0 Å². The quantitative estimate of drug-likeness (QED) is 0.227. The van der Waals surface area contributed by atoms with Crippen LogP contribution >= 0.6 is 0 Å². The first-order valence-electron chi connectivity index (χ1n) is 11.5. The smallest absolute Gasteiger partial charge is 0.467 e. The summed E-state index contributed by atoms with van der Waals surface area (Å²) in [5.74, 6) is -0.749. The van der Waals surface area contributed by atoms with Crippen LogP contribution < -0.4 is 24.2 Å². The predicted octanol–water partition coefficient (Wildman–Crippen LogP) is 2.18. The molecule has 1 N–H and O–H groups in total. The molecule has 0 saturated carbocycles. The molecular formula is C28H32F3LiN2O5-2. The van der Waals surface area contributed by atoms with Crippen LogP contribution in [-0.2, 0) is 38.3 Å². The maximum Gasteiger partial charge on any atom is 1.00 e.